The van der Waals surface area contributed by atoms with Gasteiger partial charge in [-0.2, -0.15) is 0 Å². The molecule has 0 radical (unpaired) electrons. The number of halogens is 1. The van der Waals surface area contributed by atoms with Gasteiger partial charge in [0, 0.05) is 42.7 Å². The Hall–Kier alpha value is -1.11. The number of nitrogens with two attached hydrogens (primary N) is 1. The van der Waals surface area contributed by atoms with E-state index in [2.05, 4.69) is 15.9 Å². The molecule has 1 aliphatic heterocycles. The number of hydrogen-bond acceptors (Lipinski definition) is 4. The lowest BCUT2D eigenvalue weighted by Gasteiger charge is -2.47. The summed E-state index contributed by atoms with van der Waals surface area (Å²) < 4.78 is 12.0. The van der Waals surface area contributed by atoms with Crippen LogP contribution >= 0.6 is 15.9 Å². The van der Waals surface area contributed by atoms with Gasteiger partial charge < -0.3 is 20.1 Å². The van der Waals surface area contributed by atoms with Crippen LogP contribution in [0.25, 0.3) is 0 Å². The molecular formula is C17H23BrN2O3. The molecule has 1 aromatic carbocycles. The van der Waals surface area contributed by atoms with Gasteiger partial charge in [-0.1, -0.05) is 15.9 Å². The molecule has 1 heterocycles. The molecule has 1 fully saturated rings. The van der Waals surface area contributed by atoms with Crippen molar-refractivity contribution in [2.45, 2.75) is 31.4 Å². The van der Waals surface area contributed by atoms with Gasteiger partial charge >= 0.3 is 0 Å². The van der Waals surface area contributed by atoms with Crippen LogP contribution < -0.4 is 10.5 Å². The van der Waals surface area contributed by atoms with Crippen LogP contribution in [0.3, 0.4) is 0 Å². The highest BCUT2D eigenvalue weighted by atomic mass is 79.9. The first kappa shape index (κ1) is 16.7. The van der Waals surface area contributed by atoms with E-state index in [1.54, 1.807) is 14.2 Å². The van der Waals surface area contributed by atoms with Gasteiger partial charge in [-0.25, -0.2) is 0 Å². The summed E-state index contributed by atoms with van der Waals surface area (Å²) in [6.45, 7) is 1.83. The molecule has 1 amide bonds. The molecule has 0 unspecified atom stereocenters. The molecule has 0 atom stereocenters. The highest BCUT2D eigenvalue weighted by molar-refractivity contribution is 9.10. The van der Waals surface area contributed by atoms with Gasteiger partial charge in [0.25, 0.3) is 0 Å². The van der Waals surface area contributed by atoms with Gasteiger partial charge in [-0.3, -0.25) is 4.79 Å². The summed E-state index contributed by atoms with van der Waals surface area (Å²) in [6, 6.07) is 3.96. The van der Waals surface area contributed by atoms with Crippen molar-refractivity contribution >= 4 is 21.8 Å². The highest BCUT2D eigenvalue weighted by Crippen LogP contribution is 2.42. The number of fused-ring (bicyclic) bond motifs is 1. The van der Waals surface area contributed by atoms with E-state index in [0.717, 1.165) is 41.6 Å². The second-order valence-corrected chi connectivity index (χ2v) is 7.27. The van der Waals surface area contributed by atoms with E-state index in [4.69, 9.17) is 15.2 Å². The third kappa shape index (κ3) is 2.88. The molecule has 1 aliphatic carbocycles. The van der Waals surface area contributed by atoms with Crippen molar-refractivity contribution in [2.24, 2.45) is 11.7 Å². The van der Waals surface area contributed by atoms with Crippen LogP contribution in [-0.2, 0) is 22.5 Å². The van der Waals surface area contributed by atoms with Gasteiger partial charge in [0.2, 0.25) is 5.91 Å². The highest BCUT2D eigenvalue weighted by Gasteiger charge is 2.48. The molecule has 2 aliphatic rings. The number of nitrogens with zero attached hydrogens (tertiary/aromatic N) is 1. The molecule has 0 saturated heterocycles. The van der Waals surface area contributed by atoms with Crippen molar-refractivity contribution in [1.29, 1.82) is 0 Å². The number of ether oxygens (including phenoxy) is 2. The molecule has 1 aromatic rings. The number of carbonyl (C=O) groups excluding carboxylic acids is 1. The Morgan fingerprint density at radius 3 is 2.74 bits per heavy atom. The Kier molecular flexibility index (Phi) is 4.67. The SMILES string of the molecule is COc1ccc(Br)c2c1CCN(C(=O)C1CC(CN)(OC)C1)C2. The third-order valence-corrected chi connectivity index (χ3v) is 5.98. The summed E-state index contributed by atoms with van der Waals surface area (Å²) in [7, 11) is 3.36. The fraction of sp³-hybridized carbons (Fsp3) is 0.588. The first-order valence-electron chi connectivity index (χ1n) is 7.92. The zero-order valence-corrected chi connectivity index (χ0v) is 15.2. The Morgan fingerprint density at radius 1 is 1.39 bits per heavy atom. The van der Waals surface area contributed by atoms with Crippen LogP contribution in [-0.4, -0.2) is 43.7 Å². The van der Waals surface area contributed by atoms with Crippen LogP contribution in [0.4, 0.5) is 0 Å². The molecule has 0 spiro atoms. The van der Waals surface area contributed by atoms with E-state index in [9.17, 15) is 4.79 Å². The lowest BCUT2D eigenvalue weighted by Crippen LogP contribution is -2.56. The van der Waals surface area contributed by atoms with E-state index in [1.807, 2.05) is 17.0 Å². The number of rotatable bonds is 4. The standard InChI is InChI=1S/C17H23BrN2O3/c1-22-15-4-3-14(18)13-9-20(6-5-12(13)15)16(21)11-7-17(8-11,10-19)23-2/h3-4,11H,5-10,19H2,1-2H3. The molecular weight excluding hydrogens is 360 g/mol. The summed E-state index contributed by atoms with van der Waals surface area (Å²) in [5.41, 5.74) is 7.83. The zero-order chi connectivity index (χ0) is 16.6. The maximum Gasteiger partial charge on any atom is 0.226 e. The van der Waals surface area contributed by atoms with Gasteiger partial charge in [-0.05, 0) is 37.0 Å². The summed E-state index contributed by atoms with van der Waals surface area (Å²) in [6.07, 6.45) is 2.27. The van der Waals surface area contributed by atoms with E-state index in [0.29, 0.717) is 13.1 Å². The van der Waals surface area contributed by atoms with Gasteiger partial charge in [-0.15, -0.1) is 0 Å². The van der Waals surface area contributed by atoms with Crippen LogP contribution in [0.5, 0.6) is 5.75 Å². The zero-order valence-electron chi connectivity index (χ0n) is 13.6. The summed E-state index contributed by atoms with van der Waals surface area (Å²) in [4.78, 5) is 14.7. The van der Waals surface area contributed by atoms with Crippen molar-refractivity contribution in [1.82, 2.24) is 4.90 Å². The largest absolute Gasteiger partial charge is 0.496 e. The fourth-order valence-corrected chi connectivity index (χ4v) is 4.17. The number of carbonyl (C=O) groups is 1. The van der Waals surface area contributed by atoms with E-state index >= 15 is 0 Å². The molecule has 5 nitrogen and oxygen atoms in total. The van der Waals surface area contributed by atoms with Crippen molar-refractivity contribution < 1.29 is 14.3 Å². The molecule has 6 heteroatoms. The van der Waals surface area contributed by atoms with E-state index < -0.39 is 0 Å². The van der Waals surface area contributed by atoms with E-state index in [-0.39, 0.29) is 17.4 Å². The number of methoxy groups -OCH3 is 2. The Morgan fingerprint density at radius 2 is 2.13 bits per heavy atom. The monoisotopic (exact) mass is 382 g/mol. The normalized spacial score (nSPS) is 26.4. The van der Waals surface area contributed by atoms with Gasteiger partial charge in [0.05, 0.1) is 12.7 Å². The average Bonchev–Trinajstić information content (AvgIpc) is 2.55. The van der Waals surface area contributed by atoms with Crippen LogP contribution in [0, 0.1) is 5.92 Å². The van der Waals surface area contributed by atoms with Gasteiger partial charge in [0.1, 0.15) is 5.75 Å². The Bertz CT molecular complexity index is 608. The first-order valence-corrected chi connectivity index (χ1v) is 8.71. The first-order chi connectivity index (χ1) is 11.0. The predicted octanol–water partition coefficient (Wildman–Crippen LogP) is 2.10. The number of amides is 1. The van der Waals surface area contributed by atoms with Crippen molar-refractivity contribution in [3.63, 3.8) is 0 Å². The smallest absolute Gasteiger partial charge is 0.226 e. The molecule has 3 rings (SSSR count). The molecule has 126 valence electrons. The summed E-state index contributed by atoms with van der Waals surface area (Å²) >= 11 is 3.60. The summed E-state index contributed by atoms with van der Waals surface area (Å²) in [5.74, 6) is 1.15. The van der Waals surface area contributed by atoms with Crippen LogP contribution in [0.1, 0.15) is 24.0 Å². The lowest BCUT2D eigenvalue weighted by atomic mass is 9.70. The van der Waals surface area contributed by atoms with Crippen molar-refractivity contribution in [3.05, 3.63) is 27.7 Å². The third-order valence-electron chi connectivity index (χ3n) is 5.23. The minimum absolute atomic E-state index is 0.0319. The quantitative estimate of drug-likeness (QED) is 0.865. The fourth-order valence-electron chi connectivity index (χ4n) is 3.67. The van der Waals surface area contributed by atoms with Crippen LogP contribution in [0.15, 0.2) is 16.6 Å². The number of benzene rings is 1. The maximum absolute atomic E-state index is 12.8. The lowest BCUT2D eigenvalue weighted by molar-refractivity contribution is -0.155. The minimum Gasteiger partial charge on any atom is -0.496 e. The second kappa shape index (κ2) is 6.42. The minimum atomic E-state index is -0.294. The summed E-state index contributed by atoms with van der Waals surface area (Å²) in [5, 5.41) is 0. The van der Waals surface area contributed by atoms with Crippen molar-refractivity contribution in [3.8, 4) is 5.75 Å². The van der Waals surface area contributed by atoms with Crippen LogP contribution in [0.2, 0.25) is 0 Å². The van der Waals surface area contributed by atoms with E-state index in [1.165, 1.54) is 5.56 Å². The molecule has 1 saturated carbocycles. The predicted molar refractivity (Wildman–Crippen MR) is 91.3 cm³/mol. The maximum atomic E-state index is 12.8. The van der Waals surface area contributed by atoms with Crippen molar-refractivity contribution in [2.75, 3.05) is 27.3 Å². The topological polar surface area (TPSA) is 64.8 Å². The molecule has 23 heavy (non-hydrogen) atoms. The molecule has 2 N–H and O–H groups in total. The average molecular weight is 383 g/mol. The second-order valence-electron chi connectivity index (χ2n) is 6.41. The molecule has 0 aromatic heterocycles. The molecule has 0 bridgehead atoms. The Balaban J connectivity index is 1.72. The van der Waals surface area contributed by atoms with Gasteiger partial charge in [0.15, 0.2) is 0 Å². The number of hydrogen-bond donors (Lipinski definition) is 1. The Labute approximate surface area is 145 Å².